The lowest BCUT2D eigenvalue weighted by molar-refractivity contribution is -0.204. The standard InChI is InChI=1S/C24H31FO6/c1-12-9-16-14-5-6-15-21(25)17(28)7-8-22(15,3)20(14)18(29)10-23(16,4)24(12,19(30)11-26)31-13(2)27/h7-8,12,14,16,18,20,26,29H,5-6,9-11H2,1-4H3/t12?,14-,16-,18?,20+,22-,23-,24-/m0/s1. The third-order valence-electron chi connectivity index (χ3n) is 8.99. The summed E-state index contributed by atoms with van der Waals surface area (Å²) in [5.41, 5.74) is -2.70. The van der Waals surface area contributed by atoms with Gasteiger partial charge in [0.15, 0.2) is 11.4 Å². The number of ketones is 2. The lowest BCUT2D eigenvalue weighted by Crippen LogP contribution is -2.64. The molecule has 0 aromatic carbocycles. The zero-order valence-corrected chi connectivity index (χ0v) is 18.5. The molecule has 0 heterocycles. The Morgan fingerprint density at radius 3 is 2.61 bits per heavy atom. The van der Waals surface area contributed by atoms with Gasteiger partial charge in [0.05, 0.1) is 6.10 Å². The summed E-state index contributed by atoms with van der Waals surface area (Å²) in [6, 6.07) is 0. The van der Waals surface area contributed by atoms with Crippen LogP contribution in [0.3, 0.4) is 0 Å². The predicted octanol–water partition coefficient (Wildman–Crippen LogP) is 2.67. The molecular formula is C24H31FO6. The van der Waals surface area contributed by atoms with Gasteiger partial charge in [0.2, 0.25) is 11.6 Å². The van der Waals surface area contributed by atoms with Gasteiger partial charge in [0.1, 0.15) is 6.61 Å². The number of rotatable bonds is 3. The van der Waals surface area contributed by atoms with Crippen LogP contribution in [0.5, 0.6) is 0 Å². The molecule has 0 aromatic heterocycles. The molecule has 3 fully saturated rings. The smallest absolute Gasteiger partial charge is 0.303 e. The van der Waals surface area contributed by atoms with E-state index in [1.54, 1.807) is 6.08 Å². The van der Waals surface area contributed by atoms with Crippen LogP contribution in [-0.4, -0.2) is 46.1 Å². The summed E-state index contributed by atoms with van der Waals surface area (Å²) in [5, 5.41) is 21.2. The first-order valence-electron chi connectivity index (χ1n) is 11.1. The molecule has 0 radical (unpaired) electrons. The first kappa shape index (κ1) is 22.3. The Bertz CT molecular complexity index is 908. The van der Waals surface area contributed by atoms with E-state index >= 15 is 0 Å². The number of hydrogen-bond donors (Lipinski definition) is 2. The Hall–Kier alpha value is -1.86. The van der Waals surface area contributed by atoms with Crippen molar-refractivity contribution in [1.82, 2.24) is 0 Å². The van der Waals surface area contributed by atoms with Crippen LogP contribution in [0.1, 0.15) is 53.4 Å². The van der Waals surface area contributed by atoms with Crippen LogP contribution in [0.2, 0.25) is 0 Å². The monoisotopic (exact) mass is 434 g/mol. The van der Waals surface area contributed by atoms with Gasteiger partial charge in [0, 0.05) is 29.6 Å². The average molecular weight is 435 g/mol. The molecule has 7 heteroatoms. The van der Waals surface area contributed by atoms with E-state index in [0.29, 0.717) is 24.8 Å². The van der Waals surface area contributed by atoms with E-state index in [0.717, 1.165) is 0 Å². The Balaban J connectivity index is 1.82. The number of carbonyl (C=O) groups is 3. The molecule has 6 nitrogen and oxygen atoms in total. The van der Waals surface area contributed by atoms with Gasteiger partial charge < -0.3 is 14.9 Å². The normalized spacial score (nSPS) is 46.3. The molecule has 31 heavy (non-hydrogen) atoms. The number of aliphatic hydroxyl groups excluding tert-OH is 2. The number of esters is 1. The predicted molar refractivity (Wildman–Crippen MR) is 109 cm³/mol. The molecule has 0 aromatic rings. The average Bonchev–Trinajstić information content (AvgIpc) is 2.91. The Kier molecular flexibility index (Phi) is 5.10. The highest BCUT2D eigenvalue weighted by Gasteiger charge is 2.72. The van der Waals surface area contributed by atoms with Crippen molar-refractivity contribution in [3.8, 4) is 0 Å². The van der Waals surface area contributed by atoms with Crippen molar-refractivity contribution in [2.24, 2.45) is 34.5 Å². The molecule has 0 saturated heterocycles. The summed E-state index contributed by atoms with van der Waals surface area (Å²) in [6.45, 7) is 6.12. The van der Waals surface area contributed by atoms with E-state index in [1.807, 2.05) is 20.8 Å². The number of aliphatic hydroxyl groups is 2. The summed E-state index contributed by atoms with van der Waals surface area (Å²) in [5.74, 6) is -3.22. The van der Waals surface area contributed by atoms with Gasteiger partial charge in [-0.15, -0.1) is 0 Å². The summed E-state index contributed by atoms with van der Waals surface area (Å²) in [6.07, 6.45) is 3.88. The minimum Gasteiger partial charge on any atom is -0.450 e. The fourth-order valence-electron chi connectivity index (χ4n) is 7.94. The molecule has 2 N–H and O–H groups in total. The molecular weight excluding hydrogens is 403 g/mol. The third kappa shape index (κ3) is 2.72. The highest BCUT2D eigenvalue weighted by Crippen LogP contribution is 2.69. The molecule has 4 rings (SSSR count). The topological polar surface area (TPSA) is 101 Å². The van der Waals surface area contributed by atoms with Crippen molar-refractivity contribution in [2.75, 3.05) is 6.61 Å². The van der Waals surface area contributed by atoms with Crippen LogP contribution in [0.4, 0.5) is 4.39 Å². The van der Waals surface area contributed by atoms with Gasteiger partial charge in [-0.05, 0) is 49.2 Å². The van der Waals surface area contributed by atoms with Crippen molar-refractivity contribution in [2.45, 2.75) is 65.1 Å². The number of halogens is 1. The number of fused-ring (bicyclic) bond motifs is 5. The van der Waals surface area contributed by atoms with Crippen molar-refractivity contribution in [1.29, 1.82) is 0 Å². The van der Waals surface area contributed by atoms with Gasteiger partial charge >= 0.3 is 5.97 Å². The third-order valence-corrected chi connectivity index (χ3v) is 8.99. The number of allylic oxidation sites excluding steroid dienone is 4. The Morgan fingerprint density at radius 2 is 2.00 bits per heavy atom. The minimum absolute atomic E-state index is 0.0421. The van der Waals surface area contributed by atoms with E-state index in [9.17, 15) is 29.0 Å². The second kappa shape index (κ2) is 7.07. The van der Waals surface area contributed by atoms with E-state index in [4.69, 9.17) is 4.74 Å². The molecule has 0 aliphatic heterocycles. The SMILES string of the molecule is CC(=O)O[C@]1(C(=O)CO)C(C)C[C@H]2[C@@H]3CCC4=C(F)C(=O)C=C[C@]4(C)[C@H]3C(O)C[C@@]21C. The number of hydrogen-bond acceptors (Lipinski definition) is 6. The van der Waals surface area contributed by atoms with Crippen LogP contribution in [-0.2, 0) is 19.1 Å². The van der Waals surface area contributed by atoms with Crippen LogP contribution >= 0.6 is 0 Å². The van der Waals surface area contributed by atoms with Gasteiger partial charge in [0.25, 0.3) is 0 Å². The van der Waals surface area contributed by atoms with Crippen molar-refractivity contribution < 1.29 is 33.7 Å². The van der Waals surface area contributed by atoms with Crippen molar-refractivity contribution in [3.05, 3.63) is 23.6 Å². The van der Waals surface area contributed by atoms with Crippen LogP contribution in [0.25, 0.3) is 0 Å². The van der Waals surface area contributed by atoms with Crippen LogP contribution in [0.15, 0.2) is 23.6 Å². The van der Waals surface area contributed by atoms with E-state index in [1.165, 1.54) is 13.0 Å². The summed E-state index contributed by atoms with van der Waals surface area (Å²) in [7, 11) is 0. The zero-order chi connectivity index (χ0) is 22.9. The Morgan fingerprint density at radius 1 is 1.32 bits per heavy atom. The second-order valence-corrected chi connectivity index (χ2v) is 10.3. The lowest BCUT2D eigenvalue weighted by atomic mass is 9.46. The largest absolute Gasteiger partial charge is 0.450 e. The number of ether oxygens (including phenoxy) is 1. The van der Waals surface area contributed by atoms with E-state index in [-0.39, 0.29) is 30.1 Å². The van der Waals surface area contributed by atoms with Crippen molar-refractivity contribution in [3.63, 3.8) is 0 Å². The first-order valence-corrected chi connectivity index (χ1v) is 11.1. The molecule has 0 bridgehead atoms. The van der Waals surface area contributed by atoms with Crippen molar-refractivity contribution >= 4 is 17.5 Å². The molecule has 8 atom stereocenters. The van der Waals surface area contributed by atoms with Gasteiger partial charge in [-0.25, -0.2) is 4.39 Å². The van der Waals surface area contributed by atoms with E-state index in [2.05, 4.69) is 0 Å². The molecule has 0 amide bonds. The number of Topliss-reactive ketones (excluding diaryl/α,β-unsaturated/α-hetero) is 1. The highest BCUT2D eigenvalue weighted by atomic mass is 19.1. The van der Waals surface area contributed by atoms with Crippen LogP contribution in [0, 0.1) is 34.5 Å². The maximum absolute atomic E-state index is 14.7. The van der Waals surface area contributed by atoms with Gasteiger partial charge in [-0.2, -0.15) is 0 Å². The first-order chi connectivity index (χ1) is 14.4. The maximum atomic E-state index is 14.7. The second-order valence-electron chi connectivity index (χ2n) is 10.3. The number of carbonyl (C=O) groups excluding carboxylic acids is 3. The zero-order valence-electron chi connectivity index (χ0n) is 18.5. The minimum atomic E-state index is -1.51. The van der Waals surface area contributed by atoms with Crippen LogP contribution < -0.4 is 0 Å². The summed E-state index contributed by atoms with van der Waals surface area (Å²) >= 11 is 0. The molecule has 2 unspecified atom stereocenters. The molecule has 170 valence electrons. The van der Waals surface area contributed by atoms with E-state index < -0.39 is 52.5 Å². The fourth-order valence-corrected chi connectivity index (χ4v) is 7.94. The van der Waals surface area contributed by atoms with Gasteiger partial charge in [-0.1, -0.05) is 26.8 Å². The fraction of sp³-hybridized carbons (Fsp3) is 0.708. The molecule has 0 spiro atoms. The summed E-state index contributed by atoms with van der Waals surface area (Å²) in [4.78, 5) is 37.0. The molecule has 4 aliphatic rings. The molecule has 3 saturated carbocycles. The molecule has 4 aliphatic carbocycles. The van der Waals surface area contributed by atoms with Gasteiger partial charge in [-0.3, -0.25) is 14.4 Å². The quantitative estimate of drug-likeness (QED) is 0.663. The maximum Gasteiger partial charge on any atom is 0.303 e. The highest BCUT2D eigenvalue weighted by molar-refractivity contribution is 6.04. The summed E-state index contributed by atoms with van der Waals surface area (Å²) < 4.78 is 20.5. The lowest BCUT2D eigenvalue weighted by Gasteiger charge is -2.59. The Labute approximate surface area is 181 Å².